The molecule has 3 rings (SSSR count). The summed E-state index contributed by atoms with van der Waals surface area (Å²) in [5.41, 5.74) is 0.496. The molecule has 8 heteroatoms. The van der Waals surface area contributed by atoms with E-state index in [-0.39, 0.29) is 18.0 Å². The van der Waals surface area contributed by atoms with Crippen LogP contribution in [-0.2, 0) is 14.6 Å². The van der Waals surface area contributed by atoms with Crippen LogP contribution in [0.3, 0.4) is 0 Å². The van der Waals surface area contributed by atoms with E-state index in [2.05, 4.69) is 10.3 Å². The normalized spacial score (nSPS) is 12.2. The zero-order valence-electron chi connectivity index (χ0n) is 15.4. The van der Waals surface area contributed by atoms with Crippen molar-refractivity contribution in [3.63, 3.8) is 0 Å². The largest absolute Gasteiger partial charge is 0.484 e. The van der Waals surface area contributed by atoms with Crippen LogP contribution in [-0.4, -0.2) is 32.5 Å². The predicted molar refractivity (Wildman–Crippen MR) is 111 cm³/mol. The fourth-order valence-electron chi connectivity index (χ4n) is 2.68. The number of sulfone groups is 1. The minimum Gasteiger partial charge on any atom is -0.484 e. The number of nitrogens with zero attached hydrogens (tertiary/aromatic N) is 1. The molecule has 3 aromatic rings. The van der Waals surface area contributed by atoms with Crippen LogP contribution in [0.15, 0.2) is 84.0 Å². The van der Waals surface area contributed by atoms with Crippen molar-refractivity contribution >= 4 is 27.3 Å². The van der Waals surface area contributed by atoms with Gasteiger partial charge in [-0.25, -0.2) is 8.42 Å². The third-order valence-corrected chi connectivity index (χ3v) is 6.54. The van der Waals surface area contributed by atoms with E-state index in [1.807, 2.05) is 0 Å². The second-order valence-corrected chi connectivity index (χ2v) is 8.75. The monoisotopic (exact) mass is 430 g/mol. The molecule has 150 valence electrons. The van der Waals surface area contributed by atoms with Gasteiger partial charge in [-0.1, -0.05) is 35.9 Å². The number of nitrogens with one attached hydrogen (secondary N) is 1. The second kappa shape index (κ2) is 9.54. The fourth-order valence-corrected chi connectivity index (χ4v) is 4.48. The van der Waals surface area contributed by atoms with Crippen molar-refractivity contribution in [3.05, 3.63) is 89.7 Å². The summed E-state index contributed by atoms with van der Waals surface area (Å²) in [7, 11) is -3.73. The Morgan fingerprint density at radius 1 is 1.03 bits per heavy atom. The van der Waals surface area contributed by atoms with Crippen LogP contribution in [0.4, 0.5) is 0 Å². The lowest BCUT2D eigenvalue weighted by atomic mass is 10.2. The summed E-state index contributed by atoms with van der Waals surface area (Å²) in [4.78, 5) is 16.4. The van der Waals surface area contributed by atoms with Crippen molar-refractivity contribution in [1.29, 1.82) is 0 Å². The van der Waals surface area contributed by atoms with E-state index < -0.39 is 21.0 Å². The van der Waals surface area contributed by atoms with Crippen molar-refractivity contribution in [3.8, 4) is 5.75 Å². The molecule has 0 aliphatic carbocycles. The van der Waals surface area contributed by atoms with Gasteiger partial charge in [-0.05, 0) is 48.0 Å². The zero-order chi connectivity index (χ0) is 20.7. The van der Waals surface area contributed by atoms with E-state index in [1.54, 1.807) is 60.8 Å². The highest BCUT2D eigenvalue weighted by Gasteiger charge is 2.29. The van der Waals surface area contributed by atoms with Gasteiger partial charge in [0.2, 0.25) is 0 Å². The molecule has 0 radical (unpaired) electrons. The topological polar surface area (TPSA) is 85.4 Å². The summed E-state index contributed by atoms with van der Waals surface area (Å²) in [6.45, 7) is -0.349. The summed E-state index contributed by atoms with van der Waals surface area (Å²) in [6, 6.07) is 18.1. The van der Waals surface area contributed by atoms with Crippen LogP contribution in [0.1, 0.15) is 10.8 Å². The summed E-state index contributed by atoms with van der Waals surface area (Å²) >= 11 is 5.81. The van der Waals surface area contributed by atoms with Gasteiger partial charge in [0.25, 0.3) is 5.91 Å². The van der Waals surface area contributed by atoms with Crippen molar-refractivity contribution in [1.82, 2.24) is 10.3 Å². The number of rotatable bonds is 8. The highest BCUT2D eigenvalue weighted by atomic mass is 35.5. The van der Waals surface area contributed by atoms with Gasteiger partial charge in [-0.3, -0.25) is 9.78 Å². The first-order valence-electron chi connectivity index (χ1n) is 8.81. The molecule has 2 aromatic carbocycles. The second-order valence-electron chi connectivity index (χ2n) is 6.18. The van der Waals surface area contributed by atoms with Gasteiger partial charge < -0.3 is 10.1 Å². The van der Waals surface area contributed by atoms with Gasteiger partial charge >= 0.3 is 0 Å². The number of hydrogen-bond donors (Lipinski definition) is 1. The summed E-state index contributed by atoms with van der Waals surface area (Å²) in [6.07, 6.45) is 3.05. The highest BCUT2D eigenvalue weighted by molar-refractivity contribution is 7.91. The molecule has 1 aromatic heterocycles. The van der Waals surface area contributed by atoms with E-state index in [0.717, 1.165) is 0 Å². The Morgan fingerprint density at radius 3 is 2.41 bits per heavy atom. The van der Waals surface area contributed by atoms with Crippen LogP contribution in [0.5, 0.6) is 5.75 Å². The summed E-state index contributed by atoms with van der Waals surface area (Å²) < 4.78 is 31.7. The van der Waals surface area contributed by atoms with Crippen LogP contribution >= 0.6 is 11.6 Å². The molecule has 1 N–H and O–H groups in total. The molecule has 0 aliphatic rings. The fraction of sp³-hybridized carbons (Fsp3) is 0.143. The Bertz CT molecular complexity index is 1040. The van der Waals surface area contributed by atoms with E-state index in [4.69, 9.17) is 16.3 Å². The lowest BCUT2D eigenvalue weighted by Gasteiger charge is -2.19. The number of ether oxygens (including phenoxy) is 1. The maximum Gasteiger partial charge on any atom is 0.257 e. The first-order valence-corrected chi connectivity index (χ1v) is 10.7. The third kappa shape index (κ3) is 5.56. The highest BCUT2D eigenvalue weighted by Crippen LogP contribution is 2.28. The number of hydrogen-bond acceptors (Lipinski definition) is 5. The number of carbonyl (C=O) groups excluding carboxylic acids is 1. The summed E-state index contributed by atoms with van der Waals surface area (Å²) in [5.74, 6) is 0.0577. The predicted octanol–water partition coefficient (Wildman–Crippen LogP) is 3.45. The van der Waals surface area contributed by atoms with Crippen molar-refractivity contribution in [2.75, 3.05) is 13.2 Å². The smallest absolute Gasteiger partial charge is 0.257 e. The van der Waals surface area contributed by atoms with E-state index >= 15 is 0 Å². The van der Waals surface area contributed by atoms with Gasteiger partial charge in [0.15, 0.2) is 16.4 Å². The Hall–Kier alpha value is -2.90. The Morgan fingerprint density at radius 2 is 1.76 bits per heavy atom. The third-order valence-electron chi connectivity index (χ3n) is 4.17. The summed E-state index contributed by atoms with van der Waals surface area (Å²) in [5, 5.41) is 2.23. The molecule has 0 saturated heterocycles. The average Bonchev–Trinajstić information content (AvgIpc) is 2.75. The number of pyridine rings is 1. The first-order chi connectivity index (χ1) is 14.0. The molecular formula is C21H19ClN2O4S. The number of carbonyl (C=O) groups is 1. The quantitative estimate of drug-likeness (QED) is 0.591. The van der Waals surface area contributed by atoms with Crippen molar-refractivity contribution in [2.45, 2.75) is 10.1 Å². The van der Waals surface area contributed by atoms with Crippen LogP contribution in [0, 0.1) is 0 Å². The van der Waals surface area contributed by atoms with Gasteiger partial charge in [-0.2, -0.15) is 0 Å². The Balaban J connectivity index is 1.71. The Kier molecular flexibility index (Phi) is 6.85. The molecule has 1 atom stereocenters. The molecule has 0 aliphatic heterocycles. The molecule has 0 spiro atoms. The standard InChI is InChI=1S/C21H19ClN2O4S/c22-17-8-10-18(11-9-17)28-15-21(25)24-14-20(16-5-4-12-23-13-16)29(26,27)19-6-2-1-3-7-19/h1-13,20H,14-15H2,(H,24,25). The lowest BCUT2D eigenvalue weighted by Crippen LogP contribution is -2.35. The first kappa shape index (κ1) is 20.8. The average molecular weight is 431 g/mol. The molecular weight excluding hydrogens is 412 g/mol. The minimum absolute atomic E-state index is 0.105. The number of benzene rings is 2. The SMILES string of the molecule is O=C(COc1ccc(Cl)cc1)NCC(c1cccnc1)S(=O)(=O)c1ccccc1. The maximum atomic E-state index is 13.1. The molecule has 1 unspecified atom stereocenters. The van der Waals surface area contributed by atoms with Gasteiger partial charge in [0.1, 0.15) is 11.0 Å². The zero-order valence-corrected chi connectivity index (χ0v) is 16.9. The van der Waals surface area contributed by atoms with Gasteiger partial charge in [0.05, 0.1) is 4.90 Å². The van der Waals surface area contributed by atoms with E-state index in [1.165, 1.54) is 18.3 Å². The molecule has 1 amide bonds. The molecule has 6 nitrogen and oxygen atoms in total. The van der Waals surface area contributed by atoms with Gasteiger partial charge in [0, 0.05) is 24.0 Å². The van der Waals surface area contributed by atoms with E-state index in [9.17, 15) is 13.2 Å². The van der Waals surface area contributed by atoms with Crippen LogP contribution in [0.25, 0.3) is 0 Å². The number of amides is 1. The number of halogens is 1. The van der Waals surface area contributed by atoms with Crippen molar-refractivity contribution < 1.29 is 17.9 Å². The molecule has 0 saturated carbocycles. The molecule has 0 bridgehead atoms. The van der Waals surface area contributed by atoms with E-state index in [0.29, 0.717) is 16.3 Å². The lowest BCUT2D eigenvalue weighted by molar-refractivity contribution is -0.123. The number of aromatic nitrogens is 1. The minimum atomic E-state index is -3.73. The molecule has 29 heavy (non-hydrogen) atoms. The van der Waals surface area contributed by atoms with Crippen LogP contribution < -0.4 is 10.1 Å². The van der Waals surface area contributed by atoms with Gasteiger partial charge in [-0.15, -0.1) is 0 Å². The molecule has 1 heterocycles. The Labute approximate surface area is 174 Å². The van der Waals surface area contributed by atoms with Crippen molar-refractivity contribution in [2.24, 2.45) is 0 Å². The molecule has 0 fully saturated rings. The maximum absolute atomic E-state index is 13.1. The van der Waals surface area contributed by atoms with Crippen LogP contribution in [0.2, 0.25) is 5.02 Å².